The van der Waals surface area contributed by atoms with Crippen molar-refractivity contribution in [1.29, 1.82) is 0 Å². The summed E-state index contributed by atoms with van der Waals surface area (Å²) < 4.78 is 12.6. The van der Waals surface area contributed by atoms with E-state index >= 15 is 0 Å². The minimum Gasteiger partial charge on any atom is -0.477 e. The molecule has 142 valence electrons. The molecule has 1 atom stereocenters. The van der Waals surface area contributed by atoms with Crippen molar-refractivity contribution < 1.29 is 18.9 Å². The lowest BCUT2D eigenvalue weighted by Crippen LogP contribution is -2.20. The number of nitrogens with zero attached hydrogens (tertiary/aromatic N) is 1. The summed E-state index contributed by atoms with van der Waals surface area (Å²) in [4.78, 5) is 27.2. The molecule has 0 bridgehead atoms. The van der Waals surface area contributed by atoms with E-state index in [0.29, 0.717) is 11.4 Å². The molecule has 1 fully saturated rings. The fourth-order valence-electron chi connectivity index (χ4n) is 3.22. The van der Waals surface area contributed by atoms with Crippen molar-refractivity contribution in [2.24, 2.45) is 0 Å². The van der Waals surface area contributed by atoms with Gasteiger partial charge in [-0.25, -0.2) is 9.78 Å². The Bertz CT molecular complexity index is 863. The predicted octanol–water partition coefficient (Wildman–Crippen LogP) is 3.61. The highest BCUT2D eigenvalue weighted by atomic mass is 32.2. The number of aromatic carboxylic acids is 1. The third-order valence-corrected chi connectivity index (χ3v) is 6.45. The number of hydrogen-bond donors (Lipinski definition) is 2. The van der Waals surface area contributed by atoms with Crippen LogP contribution in [0.25, 0.3) is 0 Å². The van der Waals surface area contributed by atoms with E-state index in [-0.39, 0.29) is 16.6 Å². The lowest BCUT2D eigenvalue weighted by atomic mass is 10.0. The summed E-state index contributed by atoms with van der Waals surface area (Å²) >= 11 is 0. The molecule has 0 spiro atoms. The molecule has 1 saturated carbocycles. The second-order valence-corrected chi connectivity index (χ2v) is 8.37. The Labute approximate surface area is 160 Å². The van der Waals surface area contributed by atoms with E-state index in [1.165, 1.54) is 24.6 Å². The monoisotopic (exact) mass is 386 g/mol. The van der Waals surface area contributed by atoms with E-state index in [4.69, 9.17) is 5.11 Å². The minimum absolute atomic E-state index is 0.0334. The van der Waals surface area contributed by atoms with Gasteiger partial charge in [-0.15, -0.1) is 0 Å². The number of carbonyl (C=O) groups excluding carboxylic acids is 1. The summed E-state index contributed by atoms with van der Waals surface area (Å²) in [6, 6.07) is 11.5. The molecule has 27 heavy (non-hydrogen) atoms. The number of carboxylic acid groups (broad SMARTS) is 1. The van der Waals surface area contributed by atoms with Crippen LogP contribution in [-0.2, 0) is 16.6 Å². The Morgan fingerprint density at radius 1 is 1.07 bits per heavy atom. The van der Waals surface area contributed by atoms with Gasteiger partial charge in [-0.3, -0.25) is 9.00 Å². The van der Waals surface area contributed by atoms with Crippen LogP contribution < -0.4 is 5.32 Å². The zero-order valence-corrected chi connectivity index (χ0v) is 15.7. The SMILES string of the molecule is O=C(O)c1cccc(C(=O)Nc2cccc(CS(=O)C3CCCCC3)c2)n1. The van der Waals surface area contributed by atoms with Crippen LogP contribution in [0.2, 0.25) is 0 Å². The number of nitrogens with one attached hydrogen (secondary N) is 1. The number of rotatable bonds is 6. The van der Waals surface area contributed by atoms with Crippen molar-refractivity contribution in [3.05, 3.63) is 59.4 Å². The van der Waals surface area contributed by atoms with Crippen LogP contribution >= 0.6 is 0 Å². The van der Waals surface area contributed by atoms with Crippen LogP contribution in [0.3, 0.4) is 0 Å². The van der Waals surface area contributed by atoms with Crippen LogP contribution in [0.4, 0.5) is 5.69 Å². The van der Waals surface area contributed by atoms with Crippen LogP contribution in [0, 0.1) is 0 Å². The summed E-state index contributed by atoms with van der Waals surface area (Å²) in [6.45, 7) is 0. The molecule has 1 amide bonds. The lowest BCUT2D eigenvalue weighted by Gasteiger charge is -2.21. The molecule has 1 heterocycles. The highest BCUT2D eigenvalue weighted by Gasteiger charge is 2.20. The Morgan fingerprint density at radius 2 is 1.78 bits per heavy atom. The summed E-state index contributed by atoms with van der Waals surface area (Å²) in [7, 11) is -0.913. The Kier molecular flexibility index (Phi) is 6.34. The molecular weight excluding hydrogens is 364 g/mol. The molecule has 6 nitrogen and oxygen atoms in total. The van der Waals surface area contributed by atoms with Crippen molar-refractivity contribution in [3.63, 3.8) is 0 Å². The fourth-order valence-corrected chi connectivity index (χ4v) is 4.83. The second kappa shape index (κ2) is 8.90. The fraction of sp³-hybridized carbons (Fsp3) is 0.350. The molecule has 2 aromatic rings. The van der Waals surface area contributed by atoms with Gasteiger partial charge in [0.15, 0.2) is 0 Å². The summed E-state index contributed by atoms with van der Waals surface area (Å²) in [5, 5.41) is 12.0. The van der Waals surface area contributed by atoms with Crippen molar-refractivity contribution >= 4 is 28.4 Å². The third kappa shape index (κ3) is 5.23. The molecule has 1 aromatic carbocycles. The number of amides is 1. The molecule has 1 aliphatic rings. The van der Waals surface area contributed by atoms with Crippen LogP contribution in [0.15, 0.2) is 42.5 Å². The van der Waals surface area contributed by atoms with Gasteiger partial charge in [-0.05, 0) is 42.7 Å². The van der Waals surface area contributed by atoms with Crippen molar-refractivity contribution in [3.8, 4) is 0 Å². The maximum Gasteiger partial charge on any atom is 0.354 e. The quantitative estimate of drug-likeness (QED) is 0.790. The van der Waals surface area contributed by atoms with Gasteiger partial charge in [0.2, 0.25) is 0 Å². The van der Waals surface area contributed by atoms with Gasteiger partial charge < -0.3 is 10.4 Å². The highest BCUT2D eigenvalue weighted by molar-refractivity contribution is 7.84. The van der Waals surface area contributed by atoms with Crippen molar-refractivity contribution in [2.45, 2.75) is 43.1 Å². The minimum atomic E-state index is -1.18. The maximum atomic E-state index is 12.6. The van der Waals surface area contributed by atoms with Gasteiger partial charge in [0.25, 0.3) is 5.91 Å². The molecule has 3 rings (SSSR count). The Hall–Kier alpha value is -2.54. The molecule has 1 aliphatic carbocycles. The van der Waals surface area contributed by atoms with Gasteiger partial charge in [0.1, 0.15) is 11.4 Å². The van der Waals surface area contributed by atoms with Crippen LogP contribution in [0.1, 0.15) is 58.6 Å². The number of hydrogen-bond acceptors (Lipinski definition) is 4. The zero-order valence-electron chi connectivity index (χ0n) is 14.9. The number of anilines is 1. The van der Waals surface area contributed by atoms with E-state index < -0.39 is 22.7 Å². The molecule has 2 N–H and O–H groups in total. The van der Waals surface area contributed by atoms with Gasteiger partial charge >= 0.3 is 5.97 Å². The summed E-state index contributed by atoms with van der Waals surface area (Å²) in [6.07, 6.45) is 5.57. The average Bonchev–Trinajstić information content (AvgIpc) is 2.69. The molecule has 0 aliphatic heterocycles. The molecule has 1 unspecified atom stereocenters. The number of benzene rings is 1. The zero-order chi connectivity index (χ0) is 19.2. The van der Waals surface area contributed by atoms with E-state index in [9.17, 15) is 13.8 Å². The number of pyridine rings is 1. The molecule has 7 heteroatoms. The van der Waals surface area contributed by atoms with Gasteiger partial charge in [0.05, 0.1) is 0 Å². The van der Waals surface area contributed by atoms with Gasteiger partial charge in [0, 0.05) is 27.5 Å². The Morgan fingerprint density at radius 3 is 2.52 bits per heavy atom. The van der Waals surface area contributed by atoms with E-state index in [0.717, 1.165) is 31.2 Å². The molecule has 0 saturated heterocycles. The first kappa shape index (κ1) is 19.2. The average molecular weight is 386 g/mol. The van der Waals surface area contributed by atoms with Crippen molar-refractivity contribution in [2.75, 3.05) is 5.32 Å². The smallest absolute Gasteiger partial charge is 0.354 e. The standard InChI is InChI=1S/C20H22N2O4S/c23-19(17-10-5-11-18(22-17)20(24)25)21-15-7-4-6-14(12-15)13-27(26)16-8-2-1-3-9-16/h4-7,10-12,16H,1-3,8-9,13H2,(H,21,23)(H,24,25). The van der Waals surface area contributed by atoms with Crippen molar-refractivity contribution in [1.82, 2.24) is 4.98 Å². The largest absolute Gasteiger partial charge is 0.477 e. The maximum absolute atomic E-state index is 12.6. The van der Waals surface area contributed by atoms with E-state index in [1.54, 1.807) is 12.1 Å². The highest BCUT2D eigenvalue weighted by Crippen LogP contribution is 2.24. The topological polar surface area (TPSA) is 96.4 Å². The number of aromatic nitrogens is 1. The van der Waals surface area contributed by atoms with Gasteiger partial charge in [-0.2, -0.15) is 0 Å². The summed E-state index contributed by atoms with van der Waals surface area (Å²) in [5.74, 6) is -1.19. The normalized spacial score (nSPS) is 15.9. The predicted molar refractivity (Wildman–Crippen MR) is 104 cm³/mol. The molecular formula is C20H22N2O4S. The number of carbonyl (C=O) groups is 2. The molecule has 1 aromatic heterocycles. The lowest BCUT2D eigenvalue weighted by molar-refractivity contribution is 0.0690. The second-order valence-electron chi connectivity index (χ2n) is 6.65. The van der Waals surface area contributed by atoms with Crippen LogP contribution in [-0.4, -0.2) is 31.4 Å². The first-order valence-corrected chi connectivity index (χ1v) is 10.4. The van der Waals surface area contributed by atoms with Gasteiger partial charge in [-0.1, -0.05) is 37.5 Å². The Balaban J connectivity index is 1.66. The summed E-state index contributed by atoms with van der Waals surface area (Å²) in [5.41, 5.74) is 1.33. The first-order chi connectivity index (χ1) is 13.0. The van der Waals surface area contributed by atoms with Crippen LogP contribution in [0.5, 0.6) is 0 Å². The van der Waals surface area contributed by atoms with E-state index in [2.05, 4.69) is 10.3 Å². The van der Waals surface area contributed by atoms with E-state index in [1.807, 2.05) is 12.1 Å². The number of carboxylic acids is 1. The third-order valence-electron chi connectivity index (χ3n) is 4.62. The first-order valence-electron chi connectivity index (χ1n) is 9.01. The molecule has 0 radical (unpaired) electrons.